The predicted octanol–water partition coefficient (Wildman–Crippen LogP) is 15.9. The highest BCUT2D eigenvalue weighted by atomic mass is 16.5. The van der Waals surface area contributed by atoms with Crippen molar-refractivity contribution in [3.8, 4) is 0 Å². The molecular formula is C54H103NO5. The molecule has 3 N–H and O–H groups in total. The van der Waals surface area contributed by atoms with Crippen LogP contribution < -0.4 is 5.32 Å². The second-order valence-electron chi connectivity index (χ2n) is 18.2. The lowest BCUT2D eigenvalue weighted by atomic mass is 10.0. The Hall–Kier alpha value is -1.66. The number of rotatable bonds is 49. The van der Waals surface area contributed by atoms with Crippen molar-refractivity contribution in [2.24, 2.45) is 0 Å². The van der Waals surface area contributed by atoms with E-state index >= 15 is 0 Å². The molecule has 1 amide bonds. The van der Waals surface area contributed by atoms with Crippen molar-refractivity contribution in [2.45, 2.75) is 296 Å². The molecule has 0 spiro atoms. The topological polar surface area (TPSA) is 95.9 Å². The number of aliphatic hydroxyl groups excluding tert-OH is 2. The number of aliphatic hydroxyl groups is 2. The van der Waals surface area contributed by atoms with E-state index in [2.05, 4.69) is 43.5 Å². The number of carbonyl (C=O) groups is 2. The van der Waals surface area contributed by atoms with Gasteiger partial charge < -0.3 is 20.3 Å². The molecule has 2 atom stereocenters. The predicted molar refractivity (Wildman–Crippen MR) is 260 cm³/mol. The summed E-state index contributed by atoms with van der Waals surface area (Å²) in [6, 6.07) is -0.556. The number of amides is 1. The minimum absolute atomic E-state index is 0.0279. The fraction of sp³-hybridized carbons (Fsp3) is 0.889. The molecule has 0 aliphatic carbocycles. The third kappa shape index (κ3) is 45.9. The summed E-state index contributed by atoms with van der Waals surface area (Å²) in [4.78, 5) is 24.5. The van der Waals surface area contributed by atoms with E-state index in [1.807, 2.05) is 0 Å². The molecule has 2 unspecified atom stereocenters. The van der Waals surface area contributed by atoms with Gasteiger partial charge in [0.2, 0.25) is 5.91 Å². The molecule has 6 nitrogen and oxygen atoms in total. The van der Waals surface area contributed by atoms with Crippen molar-refractivity contribution in [1.29, 1.82) is 0 Å². The van der Waals surface area contributed by atoms with Crippen LogP contribution in [0.3, 0.4) is 0 Å². The van der Waals surface area contributed by atoms with Crippen LogP contribution in [0.15, 0.2) is 24.3 Å². The van der Waals surface area contributed by atoms with Crippen LogP contribution in [0.2, 0.25) is 0 Å². The summed E-state index contributed by atoms with van der Waals surface area (Å²) < 4.78 is 5.45. The Labute approximate surface area is 373 Å². The van der Waals surface area contributed by atoms with Gasteiger partial charge in [0.1, 0.15) is 0 Å². The highest BCUT2D eigenvalue weighted by molar-refractivity contribution is 5.76. The van der Waals surface area contributed by atoms with Gasteiger partial charge in [0.25, 0.3) is 0 Å². The average molecular weight is 846 g/mol. The van der Waals surface area contributed by atoms with Crippen LogP contribution in [0.5, 0.6) is 0 Å². The monoisotopic (exact) mass is 846 g/mol. The molecule has 0 radical (unpaired) electrons. The standard InChI is InChI=1S/C54H103NO5/c1-3-5-7-9-11-13-15-17-19-20-21-22-23-26-30-34-38-42-46-52(57)51(50-56)55-53(58)47-43-39-35-31-27-25-29-33-37-41-45-49-60-54(59)48-44-40-36-32-28-24-18-16-14-12-10-8-6-4-2/h10,12,16,18,51-52,56-57H,3-9,11,13-15,17,19-50H2,1-2H3,(H,55,58)/b12-10-,18-16-. The Morgan fingerprint density at radius 2 is 0.850 bits per heavy atom. The van der Waals surface area contributed by atoms with Gasteiger partial charge in [-0.2, -0.15) is 0 Å². The Balaban J connectivity index is 3.48. The van der Waals surface area contributed by atoms with Crippen LogP contribution >= 0.6 is 0 Å². The smallest absolute Gasteiger partial charge is 0.305 e. The van der Waals surface area contributed by atoms with E-state index in [4.69, 9.17) is 4.74 Å². The molecule has 0 rings (SSSR count). The van der Waals surface area contributed by atoms with Gasteiger partial charge in [0, 0.05) is 12.8 Å². The number of unbranched alkanes of at least 4 members (excludes halogenated alkanes) is 34. The third-order valence-electron chi connectivity index (χ3n) is 12.3. The second kappa shape index (κ2) is 50.0. The molecule has 0 aliphatic heterocycles. The van der Waals surface area contributed by atoms with Crippen LogP contribution in [-0.2, 0) is 14.3 Å². The SMILES string of the molecule is CCCC/C=C\C/C=C\CCCCCCCC(=O)OCCCCCCCCCCCCCC(=O)NC(CO)C(O)CCCCCCCCCCCCCCCCCCCC. The Morgan fingerprint density at radius 1 is 0.467 bits per heavy atom. The Morgan fingerprint density at radius 3 is 1.32 bits per heavy atom. The molecule has 0 bridgehead atoms. The number of ether oxygens (including phenoxy) is 1. The van der Waals surface area contributed by atoms with E-state index in [1.54, 1.807) is 0 Å². The van der Waals surface area contributed by atoms with E-state index in [9.17, 15) is 19.8 Å². The van der Waals surface area contributed by atoms with Gasteiger partial charge in [-0.1, -0.05) is 244 Å². The van der Waals surface area contributed by atoms with Crippen LogP contribution in [-0.4, -0.2) is 47.4 Å². The van der Waals surface area contributed by atoms with Crippen molar-refractivity contribution >= 4 is 11.9 Å². The first-order chi connectivity index (χ1) is 29.5. The van der Waals surface area contributed by atoms with E-state index in [0.717, 1.165) is 70.6 Å². The van der Waals surface area contributed by atoms with Crippen molar-refractivity contribution < 1.29 is 24.5 Å². The van der Waals surface area contributed by atoms with E-state index in [0.29, 0.717) is 25.9 Å². The summed E-state index contributed by atoms with van der Waals surface area (Å²) in [5.74, 6) is -0.0812. The summed E-state index contributed by atoms with van der Waals surface area (Å²) in [5, 5.41) is 23.3. The lowest BCUT2D eigenvalue weighted by molar-refractivity contribution is -0.143. The summed E-state index contributed by atoms with van der Waals surface area (Å²) in [6.07, 6.45) is 58.6. The minimum Gasteiger partial charge on any atom is -0.466 e. The molecule has 354 valence electrons. The Kier molecular flexibility index (Phi) is 48.6. The number of hydrogen-bond acceptors (Lipinski definition) is 5. The fourth-order valence-electron chi connectivity index (χ4n) is 8.13. The molecule has 0 aromatic rings. The van der Waals surface area contributed by atoms with E-state index < -0.39 is 12.1 Å². The zero-order valence-electron chi connectivity index (χ0n) is 40.2. The molecule has 0 heterocycles. The van der Waals surface area contributed by atoms with E-state index in [-0.39, 0.29) is 18.5 Å². The molecule has 0 aliphatic rings. The zero-order valence-corrected chi connectivity index (χ0v) is 40.2. The van der Waals surface area contributed by atoms with Crippen molar-refractivity contribution in [1.82, 2.24) is 5.32 Å². The van der Waals surface area contributed by atoms with Crippen LogP contribution in [0.1, 0.15) is 284 Å². The van der Waals surface area contributed by atoms with Gasteiger partial charge in [0.15, 0.2) is 0 Å². The van der Waals surface area contributed by atoms with Gasteiger partial charge in [0.05, 0.1) is 25.4 Å². The summed E-state index contributed by atoms with van der Waals surface area (Å²) in [5.41, 5.74) is 0. The van der Waals surface area contributed by atoms with Gasteiger partial charge in [-0.25, -0.2) is 0 Å². The Bertz CT molecular complexity index is 935. The minimum atomic E-state index is -0.677. The lowest BCUT2D eigenvalue weighted by Gasteiger charge is -2.22. The van der Waals surface area contributed by atoms with Gasteiger partial charge >= 0.3 is 5.97 Å². The average Bonchev–Trinajstić information content (AvgIpc) is 3.25. The second-order valence-corrected chi connectivity index (χ2v) is 18.2. The summed E-state index contributed by atoms with van der Waals surface area (Å²) >= 11 is 0. The molecule has 0 fully saturated rings. The maximum Gasteiger partial charge on any atom is 0.305 e. The molecule has 0 saturated heterocycles. The zero-order chi connectivity index (χ0) is 43.7. The van der Waals surface area contributed by atoms with Crippen molar-refractivity contribution in [3.63, 3.8) is 0 Å². The first-order valence-electron chi connectivity index (χ1n) is 26.6. The van der Waals surface area contributed by atoms with E-state index in [1.165, 1.54) is 180 Å². The normalized spacial score (nSPS) is 12.8. The van der Waals surface area contributed by atoms with Gasteiger partial charge in [-0.05, 0) is 51.4 Å². The molecule has 6 heteroatoms. The molecule has 0 aromatic heterocycles. The highest BCUT2D eigenvalue weighted by Gasteiger charge is 2.20. The van der Waals surface area contributed by atoms with Crippen molar-refractivity contribution in [3.05, 3.63) is 24.3 Å². The maximum absolute atomic E-state index is 12.5. The molecule has 0 saturated carbocycles. The number of nitrogens with one attached hydrogen (secondary N) is 1. The summed E-state index contributed by atoms with van der Waals surface area (Å²) in [7, 11) is 0. The quantitative estimate of drug-likeness (QED) is 0.0322. The summed E-state index contributed by atoms with van der Waals surface area (Å²) in [6.45, 7) is 4.87. The number of allylic oxidation sites excluding steroid dienone is 4. The first kappa shape index (κ1) is 58.3. The van der Waals surface area contributed by atoms with Gasteiger partial charge in [-0.3, -0.25) is 9.59 Å². The largest absolute Gasteiger partial charge is 0.466 e. The number of hydrogen-bond donors (Lipinski definition) is 3. The van der Waals surface area contributed by atoms with Crippen LogP contribution in [0.25, 0.3) is 0 Å². The van der Waals surface area contributed by atoms with Crippen LogP contribution in [0.4, 0.5) is 0 Å². The maximum atomic E-state index is 12.5. The highest BCUT2D eigenvalue weighted by Crippen LogP contribution is 2.17. The van der Waals surface area contributed by atoms with Crippen LogP contribution in [0, 0.1) is 0 Å². The third-order valence-corrected chi connectivity index (χ3v) is 12.3. The van der Waals surface area contributed by atoms with Gasteiger partial charge in [-0.15, -0.1) is 0 Å². The number of carbonyl (C=O) groups excluding carboxylic acids is 2. The molecular weight excluding hydrogens is 743 g/mol. The lowest BCUT2D eigenvalue weighted by Crippen LogP contribution is -2.45. The van der Waals surface area contributed by atoms with Crippen molar-refractivity contribution in [2.75, 3.05) is 13.2 Å². The number of esters is 1. The molecule has 0 aromatic carbocycles. The first-order valence-corrected chi connectivity index (χ1v) is 26.6. The fourth-order valence-corrected chi connectivity index (χ4v) is 8.13. The molecule has 60 heavy (non-hydrogen) atoms.